The number of hydroxylamine groups is 1. The Kier molecular flexibility index (Phi) is 14.5. The number of aryl methyl sites for hydroxylation is 1. The first-order chi connectivity index (χ1) is 12.4. The molecule has 0 fully saturated rings. The largest absolute Gasteiger partial charge is 0.465 e. The van der Waals surface area contributed by atoms with E-state index in [0.29, 0.717) is 25.0 Å². The van der Waals surface area contributed by atoms with Gasteiger partial charge in [-0.05, 0) is 33.0 Å². The zero-order valence-electron chi connectivity index (χ0n) is 15.4. The Morgan fingerprint density at radius 1 is 1.12 bits per heavy atom. The molecule has 0 heterocycles. The third kappa shape index (κ3) is 12.3. The Balaban J connectivity index is 0.000000758. The maximum Gasteiger partial charge on any atom is 0.316 e. The topological polar surface area (TPSA) is 106 Å². The van der Waals surface area contributed by atoms with Crippen molar-refractivity contribution in [3.63, 3.8) is 0 Å². The molecule has 0 aromatic heterocycles. The van der Waals surface area contributed by atoms with Crippen molar-refractivity contribution in [2.75, 3.05) is 45.2 Å². The molecule has 0 unspecified atom stereocenters. The van der Waals surface area contributed by atoms with Gasteiger partial charge in [-0.15, -0.1) is 0 Å². The lowest BCUT2D eigenvalue weighted by atomic mass is 10.2. The fraction of sp³-hybridized carbons (Fsp3) is 0.562. The van der Waals surface area contributed by atoms with E-state index in [0.717, 1.165) is 18.7 Å². The third-order valence-corrected chi connectivity index (χ3v) is 4.49. The van der Waals surface area contributed by atoms with Gasteiger partial charge in [0, 0.05) is 26.2 Å². The zero-order valence-corrected chi connectivity index (χ0v) is 17.8. The van der Waals surface area contributed by atoms with E-state index in [4.69, 9.17) is 4.28 Å². The summed E-state index contributed by atoms with van der Waals surface area (Å²) in [6, 6.07) is 6.51. The first-order valence-electron chi connectivity index (χ1n) is 8.17. The molecule has 0 saturated heterocycles. The standard InChI is InChI=1S/C12H21N3O3S.C4H7BrO2/c1-11-3-5-12(6-4-11)19(16,17)18-15-10-9-14-8-7-13-2;1-2-7-4(6)3-5/h3-6,13-15H,7-10H2,1-2H3;2-3H2,1H3. The van der Waals surface area contributed by atoms with Crippen LogP contribution in [0.3, 0.4) is 0 Å². The molecule has 3 N–H and O–H groups in total. The summed E-state index contributed by atoms with van der Waals surface area (Å²) in [6.07, 6.45) is 0. The van der Waals surface area contributed by atoms with Crippen molar-refractivity contribution in [1.82, 2.24) is 16.1 Å². The molecule has 1 aromatic rings. The smallest absolute Gasteiger partial charge is 0.316 e. The normalized spacial score (nSPS) is 10.8. The average molecular weight is 454 g/mol. The van der Waals surface area contributed by atoms with Crippen LogP contribution in [0, 0.1) is 6.92 Å². The molecule has 0 saturated carbocycles. The molecule has 0 aliphatic carbocycles. The van der Waals surface area contributed by atoms with Crippen LogP contribution in [0.1, 0.15) is 12.5 Å². The molecule has 150 valence electrons. The summed E-state index contributed by atoms with van der Waals surface area (Å²) in [5.41, 5.74) is 3.45. The van der Waals surface area contributed by atoms with Gasteiger partial charge in [0.2, 0.25) is 0 Å². The first kappa shape index (κ1) is 25.0. The molecular weight excluding hydrogens is 426 g/mol. The quantitative estimate of drug-likeness (QED) is 0.197. The molecule has 1 aromatic carbocycles. The molecule has 0 bridgehead atoms. The molecule has 8 nitrogen and oxygen atoms in total. The molecule has 1 rings (SSSR count). The fourth-order valence-corrected chi connectivity index (χ4v) is 2.52. The molecule has 10 heteroatoms. The highest BCUT2D eigenvalue weighted by atomic mass is 79.9. The van der Waals surface area contributed by atoms with Gasteiger partial charge >= 0.3 is 16.1 Å². The van der Waals surface area contributed by atoms with Gasteiger partial charge in [0.1, 0.15) is 5.33 Å². The van der Waals surface area contributed by atoms with Crippen LogP contribution in [0.4, 0.5) is 0 Å². The number of rotatable bonds is 11. The van der Waals surface area contributed by atoms with Gasteiger partial charge in [0.25, 0.3) is 0 Å². The summed E-state index contributed by atoms with van der Waals surface area (Å²) in [6.45, 7) is 6.86. The molecule has 0 amide bonds. The lowest BCUT2D eigenvalue weighted by molar-refractivity contribution is -0.139. The van der Waals surface area contributed by atoms with Gasteiger partial charge in [-0.2, -0.15) is 18.2 Å². The first-order valence-corrected chi connectivity index (χ1v) is 10.7. The summed E-state index contributed by atoms with van der Waals surface area (Å²) in [5.74, 6) is -0.206. The number of hydrogen-bond acceptors (Lipinski definition) is 8. The molecule has 0 aliphatic heterocycles. The van der Waals surface area contributed by atoms with Crippen LogP contribution in [0.25, 0.3) is 0 Å². The van der Waals surface area contributed by atoms with Crippen molar-refractivity contribution in [3.05, 3.63) is 29.8 Å². The number of alkyl halides is 1. The van der Waals surface area contributed by atoms with E-state index in [2.05, 4.69) is 36.8 Å². The van der Waals surface area contributed by atoms with Gasteiger partial charge in [0.05, 0.1) is 11.5 Å². The predicted molar refractivity (Wildman–Crippen MR) is 105 cm³/mol. The molecular formula is C16H28BrN3O5S. The Labute approximate surface area is 164 Å². The Morgan fingerprint density at radius 3 is 2.23 bits per heavy atom. The summed E-state index contributed by atoms with van der Waals surface area (Å²) in [5, 5.41) is 6.41. The van der Waals surface area contributed by atoms with E-state index in [1.165, 1.54) is 12.1 Å². The summed E-state index contributed by atoms with van der Waals surface area (Å²) in [4.78, 5) is 10.3. The molecule has 0 aliphatic rings. The monoisotopic (exact) mass is 453 g/mol. The third-order valence-electron chi connectivity index (χ3n) is 2.85. The lowest BCUT2D eigenvalue weighted by Crippen LogP contribution is -2.32. The number of halogens is 1. The van der Waals surface area contributed by atoms with Crippen LogP contribution in [0.5, 0.6) is 0 Å². The second-order valence-electron chi connectivity index (χ2n) is 5.04. The van der Waals surface area contributed by atoms with Gasteiger partial charge in [0.15, 0.2) is 0 Å². The Bertz CT molecular complexity index is 596. The van der Waals surface area contributed by atoms with Crippen LogP contribution in [0.2, 0.25) is 0 Å². The van der Waals surface area contributed by atoms with Crippen molar-refractivity contribution in [1.29, 1.82) is 0 Å². The zero-order chi connectivity index (χ0) is 19.8. The van der Waals surface area contributed by atoms with Crippen molar-refractivity contribution in [2.45, 2.75) is 18.7 Å². The molecule has 26 heavy (non-hydrogen) atoms. The highest BCUT2D eigenvalue weighted by Crippen LogP contribution is 2.11. The van der Waals surface area contributed by atoms with E-state index in [-0.39, 0.29) is 10.9 Å². The lowest BCUT2D eigenvalue weighted by Gasteiger charge is -2.07. The van der Waals surface area contributed by atoms with Gasteiger partial charge < -0.3 is 15.4 Å². The number of carbonyl (C=O) groups excluding carboxylic acids is 1. The van der Waals surface area contributed by atoms with Crippen molar-refractivity contribution < 1.29 is 22.2 Å². The number of nitrogens with one attached hydrogen (secondary N) is 3. The van der Waals surface area contributed by atoms with Crippen molar-refractivity contribution in [3.8, 4) is 0 Å². The molecule has 0 radical (unpaired) electrons. The van der Waals surface area contributed by atoms with Crippen LogP contribution >= 0.6 is 15.9 Å². The average Bonchev–Trinajstić information content (AvgIpc) is 2.62. The minimum Gasteiger partial charge on any atom is -0.465 e. The summed E-state index contributed by atoms with van der Waals surface area (Å²) >= 11 is 2.94. The predicted octanol–water partition coefficient (Wildman–Crippen LogP) is 0.958. The van der Waals surface area contributed by atoms with E-state index in [1.807, 2.05) is 14.0 Å². The summed E-state index contributed by atoms with van der Waals surface area (Å²) < 4.78 is 32.8. The van der Waals surface area contributed by atoms with E-state index in [1.54, 1.807) is 19.1 Å². The van der Waals surface area contributed by atoms with Crippen LogP contribution in [-0.2, 0) is 23.9 Å². The van der Waals surface area contributed by atoms with E-state index < -0.39 is 10.1 Å². The van der Waals surface area contributed by atoms with Gasteiger partial charge in [-0.3, -0.25) is 4.79 Å². The Morgan fingerprint density at radius 2 is 1.73 bits per heavy atom. The van der Waals surface area contributed by atoms with Gasteiger partial charge in [-0.1, -0.05) is 33.6 Å². The maximum atomic E-state index is 11.8. The summed E-state index contributed by atoms with van der Waals surface area (Å²) in [7, 11) is -1.85. The second kappa shape index (κ2) is 15.1. The number of esters is 1. The minimum absolute atomic E-state index is 0.147. The van der Waals surface area contributed by atoms with Crippen LogP contribution < -0.4 is 16.1 Å². The highest BCUT2D eigenvalue weighted by Gasteiger charge is 2.14. The van der Waals surface area contributed by atoms with Crippen LogP contribution in [-0.4, -0.2) is 59.6 Å². The second-order valence-corrected chi connectivity index (χ2v) is 7.14. The number of hydrogen-bond donors (Lipinski definition) is 3. The minimum atomic E-state index is -3.73. The number of likely N-dealkylation sites (N-methyl/N-ethyl adjacent to an activating group) is 1. The van der Waals surface area contributed by atoms with Crippen molar-refractivity contribution >= 4 is 32.0 Å². The van der Waals surface area contributed by atoms with E-state index in [9.17, 15) is 13.2 Å². The number of benzene rings is 1. The SMILES string of the molecule is CCOC(=O)CBr.CNCCNCCNOS(=O)(=O)c1ccc(C)cc1. The van der Waals surface area contributed by atoms with Crippen molar-refractivity contribution in [2.24, 2.45) is 0 Å². The fourth-order valence-electron chi connectivity index (χ4n) is 1.55. The van der Waals surface area contributed by atoms with Crippen LogP contribution in [0.15, 0.2) is 29.2 Å². The number of carbonyl (C=O) groups is 1. The van der Waals surface area contributed by atoms with Gasteiger partial charge in [-0.25, -0.2) is 0 Å². The number of ether oxygens (including phenoxy) is 1. The van der Waals surface area contributed by atoms with E-state index >= 15 is 0 Å². The maximum absolute atomic E-state index is 11.8. The Hall–Kier alpha value is -1.04. The molecule has 0 spiro atoms. The molecule has 0 atom stereocenters. The highest BCUT2D eigenvalue weighted by molar-refractivity contribution is 9.09.